The van der Waals surface area contributed by atoms with Crippen molar-refractivity contribution >= 4 is 28.7 Å². The van der Waals surface area contributed by atoms with Crippen LogP contribution in [0, 0.1) is 0 Å². The number of anilines is 1. The second-order valence-corrected chi connectivity index (χ2v) is 6.69. The van der Waals surface area contributed by atoms with E-state index >= 15 is 0 Å². The van der Waals surface area contributed by atoms with Gasteiger partial charge in [-0.25, -0.2) is 4.79 Å². The number of aliphatic hydroxyl groups is 1. The Morgan fingerprint density at radius 1 is 1.19 bits per heavy atom. The van der Waals surface area contributed by atoms with Crippen LogP contribution in [-0.2, 0) is 20.6 Å². The lowest BCUT2D eigenvalue weighted by Gasteiger charge is -2.09. The fourth-order valence-electron chi connectivity index (χ4n) is 2.75. The molecule has 9 heteroatoms. The topological polar surface area (TPSA) is 94.1 Å². The number of hydrogen-bond acceptors (Lipinski definition) is 5. The summed E-state index contributed by atoms with van der Waals surface area (Å²) >= 11 is 5.89. The molecule has 1 aromatic carbocycles. The Labute approximate surface area is 154 Å². The van der Waals surface area contributed by atoms with Crippen LogP contribution in [0.2, 0.25) is 5.02 Å². The van der Waals surface area contributed by atoms with Crippen LogP contribution in [0.25, 0.3) is 11.2 Å². The summed E-state index contributed by atoms with van der Waals surface area (Å²) in [6.07, 6.45) is -0.569. The standard InChI is InChI=1S/C17H20ClN5O3/c1-10(24)8-19-16-20-14-13(21(16)2)15(25)23(17(26)22(14)3)9-11-4-6-12(18)7-5-11/h4-7,10,24H,8-9H2,1-3H3,(H,19,20). The van der Waals surface area contributed by atoms with E-state index in [2.05, 4.69) is 10.3 Å². The van der Waals surface area contributed by atoms with Crippen LogP contribution in [0.5, 0.6) is 0 Å². The zero-order valence-electron chi connectivity index (χ0n) is 14.7. The molecule has 0 spiro atoms. The second kappa shape index (κ2) is 6.97. The van der Waals surface area contributed by atoms with Gasteiger partial charge in [-0.15, -0.1) is 0 Å². The summed E-state index contributed by atoms with van der Waals surface area (Å²) in [6.45, 7) is 2.06. The number of hydrogen-bond donors (Lipinski definition) is 2. The number of nitrogens with one attached hydrogen (secondary N) is 1. The number of benzene rings is 1. The summed E-state index contributed by atoms with van der Waals surface area (Å²) in [5.74, 6) is 0.414. The zero-order valence-corrected chi connectivity index (χ0v) is 15.5. The average molecular weight is 378 g/mol. The molecule has 3 rings (SSSR count). The molecule has 0 aliphatic carbocycles. The van der Waals surface area contributed by atoms with Crippen LogP contribution in [0.1, 0.15) is 12.5 Å². The lowest BCUT2D eigenvalue weighted by molar-refractivity contribution is 0.208. The molecule has 0 amide bonds. The number of nitrogens with zero attached hydrogens (tertiary/aromatic N) is 4. The number of aryl methyl sites for hydroxylation is 2. The van der Waals surface area contributed by atoms with E-state index in [1.165, 1.54) is 9.13 Å². The van der Waals surface area contributed by atoms with Gasteiger partial charge in [0.25, 0.3) is 5.56 Å². The molecule has 0 aliphatic rings. The minimum absolute atomic E-state index is 0.139. The molecule has 0 bridgehead atoms. The highest BCUT2D eigenvalue weighted by Crippen LogP contribution is 2.14. The maximum Gasteiger partial charge on any atom is 0.332 e. The van der Waals surface area contributed by atoms with Crippen LogP contribution < -0.4 is 16.6 Å². The van der Waals surface area contributed by atoms with Crippen molar-refractivity contribution in [1.82, 2.24) is 18.7 Å². The minimum atomic E-state index is -0.569. The summed E-state index contributed by atoms with van der Waals surface area (Å²) in [6, 6.07) is 6.98. The van der Waals surface area contributed by atoms with E-state index in [0.29, 0.717) is 22.1 Å². The molecule has 1 atom stereocenters. The molecule has 8 nitrogen and oxygen atoms in total. The first-order valence-electron chi connectivity index (χ1n) is 8.12. The smallest absolute Gasteiger partial charge is 0.332 e. The summed E-state index contributed by atoms with van der Waals surface area (Å²) in [5.41, 5.74) is 0.537. The minimum Gasteiger partial charge on any atom is -0.392 e. The molecule has 2 N–H and O–H groups in total. The molecular weight excluding hydrogens is 358 g/mol. The summed E-state index contributed by atoms with van der Waals surface area (Å²) < 4.78 is 4.11. The van der Waals surface area contributed by atoms with Crippen molar-refractivity contribution in [3.8, 4) is 0 Å². The van der Waals surface area contributed by atoms with Crippen molar-refractivity contribution in [3.05, 3.63) is 55.7 Å². The van der Waals surface area contributed by atoms with Crippen LogP contribution in [0.4, 0.5) is 5.95 Å². The fraction of sp³-hybridized carbons (Fsp3) is 0.353. The fourth-order valence-corrected chi connectivity index (χ4v) is 2.88. The maximum absolute atomic E-state index is 12.9. The highest BCUT2D eigenvalue weighted by Gasteiger charge is 2.18. The second-order valence-electron chi connectivity index (χ2n) is 6.26. The van der Waals surface area contributed by atoms with Crippen LogP contribution in [-0.4, -0.2) is 36.4 Å². The van der Waals surface area contributed by atoms with E-state index in [1.807, 2.05) is 0 Å². The van der Waals surface area contributed by atoms with E-state index in [4.69, 9.17) is 11.6 Å². The Morgan fingerprint density at radius 3 is 2.46 bits per heavy atom. The average Bonchev–Trinajstić information content (AvgIpc) is 2.93. The van der Waals surface area contributed by atoms with Crippen molar-refractivity contribution < 1.29 is 5.11 Å². The van der Waals surface area contributed by atoms with E-state index in [9.17, 15) is 14.7 Å². The van der Waals surface area contributed by atoms with Gasteiger partial charge in [-0.3, -0.25) is 13.9 Å². The molecule has 138 valence electrons. The lowest BCUT2D eigenvalue weighted by atomic mass is 10.2. The predicted molar refractivity (Wildman–Crippen MR) is 101 cm³/mol. The molecule has 0 aliphatic heterocycles. The number of aliphatic hydroxyl groups excluding tert-OH is 1. The van der Waals surface area contributed by atoms with Crippen LogP contribution in [0.15, 0.2) is 33.9 Å². The molecule has 0 saturated heterocycles. The summed E-state index contributed by atoms with van der Waals surface area (Å²) in [4.78, 5) is 29.9. The molecule has 2 heterocycles. The SMILES string of the molecule is CC(O)CNc1nc2c(c(=O)n(Cc3ccc(Cl)cc3)c(=O)n2C)n1C. The Kier molecular flexibility index (Phi) is 4.88. The third-order valence-corrected chi connectivity index (χ3v) is 4.42. The first kappa shape index (κ1) is 18.2. The van der Waals surface area contributed by atoms with Crippen molar-refractivity contribution in [1.29, 1.82) is 0 Å². The van der Waals surface area contributed by atoms with E-state index in [0.717, 1.165) is 5.56 Å². The largest absolute Gasteiger partial charge is 0.392 e. The van der Waals surface area contributed by atoms with Gasteiger partial charge in [-0.05, 0) is 24.6 Å². The molecule has 0 saturated carbocycles. The molecule has 1 unspecified atom stereocenters. The maximum atomic E-state index is 12.9. The quantitative estimate of drug-likeness (QED) is 0.689. The highest BCUT2D eigenvalue weighted by atomic mass is 35.5. The Morgan fingerprint density at radius 2 is 1.85 bits per heavy atom. The van der Waals surface area contributed by atoms with Gasteiger partial charge in [-0.1, -0.05) is 23.7 Å². The third-order valence-electron chi connectivity index (χ3n) is 4.17. The van der Waals surface area contributed by atoms with Gasteiger partial charge in [-0.2, -0.15) is 4.98 Å². The molecule has 0 fully saturated rings. The monoisotopic (exact) mass is 377 g/mol. The van der Waals surface area contributed by atoms with E-state index in [1.54, 1.807) is 49.9 Å². The number of rotatable bonds is 5. The number of imidazole rings is 1. The first-order chi connectivity index (χ1) is 12.3. The van der Waals surface area contributed by atoms with Gasteiger partial charge in [0.15, 0.2) is 11.2 Å². The molecule has 2 aromatic heterocycles. The van der Waals surface area contributed by atoms with Gasteiger partial charge in [0.05, 0.1) is 12.6 Å². The third kappa shape index (κ3) is 3.25. The first-order valence-corrected chi connectivity index (χ1v) is 8.50. The summed E-state index contributed by atoms with van der Waals surface area (Å²) in [7, 11) is 3.27. The Hall–Kier alpha value is -2.58. The van der Waals surface area contributed by atoms with Gasteiger partial charge in [0, 0.05) is 25.7 Å². The normalized spacial score (nSPS) is 12.5. The van der Waals surface area contributed by atoms with Gasteiger partial charge < -0.3 is 15.0 Å². The van der Waals surface area contributed by atoms with Crippen LogP contribution >= 0.6 is 11.6 Å². The highest BCUT2D eigenvalue weighted by molar-refractivity contribution is 6.30. The van der Waals surface area contributed by atoms with Crippen molar-refractivity contribution in [2.24, 2.45) is 14.1 Å². The summed E-state index contributed by atoms with van der Waals surface area (Å²) in [5, 5.41) is 13.0. The molecular formula is C17H20ClN5O3. The predicted octanol–water partition coefficient (Wildman–Crippen LogP) is 0.928. The van der Waals surface area contributed by atoms with Crippen molar-refractivity contribution in [2.75, 3.05) is 11.9 Å². The molecule has 26 heavy (non-hydrogen) atoms. The molecule has 3 aromatic rings. The zero-order chi connectivity index (χ0) is 19.0. The van der Waals surface area contributed by atoms with Gasteiger partial charge >= 0.3 is 5.69 Å². The Bertz CT molecular complexity index is 1060. The number of halogens is 1. The van der Waals surface area contributed by atoms with E-state index in [-0.39, 0.29) is 13.1 Å². The van der Waals surface area contributed by atoms with Crippen molar-refractivity contribution in [2.45, 2.75) is 19.6 Å². The number of fused-ring (bicyclic) bond motifs is 1. The van der Waals surface area contributed by atoms with Crippen molar-refractivity contribution in [3.63, 3.8) is 0 Å². The van der Waals surface area contributed by atoms with Gasteiger partial charge in [0.1, 0.15) is 0 Å². The van der Waals surface area contributed by atoms with E-state index < -0.39 is 17.4 Å². The van der Waals surface area contributed by atoms with Crippen LogP contribution in [0.3, 0.4) is 0 Å². The Balaban J connectivity index is 2.13. The van der Waals surface area contributed by atoms with Gasteiger partial charge in [0.2, 0.25) is 5.95 Å². The lowest BCUT2D eigenvalue weighted by Crippen LogP contribution is -2.39. The molecule has 0 radical (unpaired) electrons. The number of aromatic nitrogens is 4.